The summed E-state index contributed by atoms with van der Waals surface area (Å²) in [5.41, 5.74) is 13.2. The van der Waals surface area contributed by atoms with Crippen molar-refractivity contribution in [3.05, 3.63) is 284 Å². The van der Waals surface area contributed by atoms with Gasteiger partial charge in [-0.15, -0.1) is 20.4 Å². The number of benzene rings is 4. The fourth-order valence-corrected chi connectivity index (χ4v) is 12.0. The number of carbonyl (C=O) groups is 1. The number of aliphatic hydroxyl groups is 3. The van der Waals surface area contributed by atoms with Gasteiger partial charge in [-0.05, 0) is 276 Å². The SMILES string of the molecule is C.CCO.COC1CCC(N)CC1.COC1CCC(Nc2ccc3nnc(-c4cccc(C(F)(F)F)c4)n3c2)CC1.Clc1ccc(I)cn1.FC(F)(F)c1cccc(-c2nnc3ccc(I)cn23)c1.FC(F)(F)c1cccc(C=NCc2ccc(I)cn2)c1.NCc1ccc(I)cn1.NN.O=Cc1cccc(C(F)(F)F)c1.OCCO.[Cu][I].c1ccncc1. The van der Waals surface area contributed by atoms with Crippen molar-refractivity contribution in [2.45, 2.75) is 128 Å². The Balaban J connectivity index is 0.000000491. The Morgan fingerprint density at radius 3 is 1.31 bits per heavy atom. The van der Waals surface area contributed by atoms with E-state index in [0.29, 0.717) is 88.5 Å². The Kier molecular flexibility index (Phi) is 56.2. The number of nitrogens with two attached hydrogens (primary N) is 4. The first-order valence-electron chi connectivity index (χ1n) is 36.5. The largest absolute Gasteiger partial charge is 0.265 e. The number of aldehydes is 1. The van der Waals surface area contributed by atoms with Crippen molar-refractivity contribution in [1.29, 1.82) is 0 Å². The maximum atomic E-state index is 13.0. The van der Waals surface area contributed by atoms with E-state index >= 15 is 0 Å². The molecule has 22 nitrogen and oxygen atoms in total. The molecule has 0 amide bonds. The molecule has 0 radical (unpaired) electrons. The topological polar surface area (TPSA) is 337 Å². The van der Waals surface area contributed by atoms with Crippen molar-refractivity contribution in [1.82, 2.24) is 49.1 Å². The van der Waals surface area contributed by atoms with Crippen LogP contribution in [-0.2, 0) is 60.0 Å². The number of ether oxygens (including phenoxy) is 2. The third-order valence-electron chi connectivity index (χ3n) is 16.3. The number of carbonyl (C=O) groups excluding carboxylic acids is 1. The molecule has 124 heavy (non-hydrogen) atoms. The zero-order chi connectivity index (χ0) is 91.6. The number of pyridine rings is 6. The third kappa shape index (κ3) is 44.2. The Bertz CT molecular complexity index is 4890. The van der Waals surface area contributed by atoms with Crippen LogP contribution in [0.25, 0.3) is 34.1 Å². The summed E-state index contributed by atoms with van der Waals surface area (Å²) in [6, 6.07) is 44.8. The average Bonchev–Trinajstić information content (AvgIpc) is 1.63. The molecular weight excluding hydrogens is 2280 g/mol. The van der Waals surface area contributed by atoms with Crippen molar-refractivity contribution in [2.75, 3.05) is 39.4 Å². The van der Waals surface area contributed by atoms with E-state index in [1.165, 1.54) is 36.5 Å². The summed E-state index contributed by atoms with van der Waals surface area (Å²) in [7, 11) is 3.52. The fourth-order valence-electron chi connectivity index (χ4n) is 10.4. The molecule has 0 aliphatic heterocycles. The minimum absolute atomic E-state index is 0. The number of hydrogen-bond acceptors (Lipinski definition) is 20. The van der Waals surface area contributed by atoms with Crippen LogP contribution < -0.4 is 28.5 Å². The normalized spacial score (nSPS) is 14.4. The monoisotopic (exact) mass is 2370 g/mol. The van der Waals surface area contributed by atoms with Gasteiger partial charge in [-0.1, -0.05) is 73.6 Å². The number of alkyl halides is 12. The van der Waals surface area contributed by atoms with Crippen molar-refractivity contribution in [2.24, 2.45) is 28.1 Å². The summed E-state index contributed by atoms with van der Waals surface area (Å²) in [6.45, 7) is 2.55. The number of fused-ring (bicyclic) bond motifs is 2. The number of rotatable bonds is 12. The van der Waals surface area contributed by atoms with Crippen LogP contribution in [0.15, 0.2) is 224 Å². The standard InChI is InChI=1S/C20H21F3N4O.C14H10F3IN2.C13H7F3IN3.C8H5F3O.C7H15NO.C6H7IN2.C5H3ClIN.C5H5N.C2H6O2.C2H6O.CH4.Cu.HI.H4N2/c1-28-17-8-5-15(6-9-17)24-16-7-10-18-25-26-19(27(18)12-16)13-3-2-4-14(11-13)20(21,22)23;15-14(16,17)11-3-1-2-10(6-11)7-19-9-13-5-4-12(18)8-20-13;14-13(15,16)9-3-1-2-8(6-9)12-19-18-11-5-4-10(17)7-20(11)12;9-8(10,11)7-3-1-2-6(4-7)5-12;1-9-7-4-2-6(8)3-5-7;7-5-1-2-6(3-8)9-4-5;6-5-2-1-4(7)3-8-5;1-2-4-6-5-3-1;3-1-2-4;1-2-3;;;;1-2/h2-4,7,10-12,15,17,24H,5-6,8-9H2,1H3;1-8H,9H2;1-7H;1-5H;6-7H,2-5,8H2,1H3;1-2,4H,3,8H2;1-3H;1-5H;3-4H,1-2H2;3H,2H2,1H3;1H4;;1H;1-2H2/q;;;;;;;;;;;+1;;/p-1. The van der Waals surface area contributed by atoms with Gasteiger partial charge in [-0.2, -0.15) is 52.7 Å². The number of halogens is 18. The first-order valence-corrected chi connectivity index (χ1v) is 44.3. The van der Waals surface area contributed by atoms with E-state index in [-0.39, 0.29) is 32.8 Å². The summed E-state index contributed by atoms with van der Waals surface area (Å²) >= 11 is 20.0. The van der Waals surface area contributed by atoms with Gasteiger partial charge < -0.3 is 41.6 Å². The van der Waals surface area contributed by atoms with Gasteiger partial charge in [0.15, 0.2) is 22.9 Å². The average molecular weight is 2370 g/mol. The van der Waals surface area contributed by atoms with Crippen LogP contribution in [0.4, 0.5) is 58.4 Å². The molecule has 12 aromatic rings. The quantitative estimate of drug-likeness (QED) is 0.00823. The Labute approximate surface area is 789 Å². The molecule has 2 aliphatic carbocycles. The van der Waals surface area contributed by atoms with Crippen molar-refractivity contribution in [3.8, 4) is 22.8 Å². The third-order valence-corrected chi connectivity index (χ3v) is 19.1. The van der Waals surface area contributed by atoms with E-state index in [2.05, 4.69) is 165 Å². The van der Waals surface area contributed by atoms with E-state index in [1.54, 1.807) is 112 Å². The number of methoxy groups -OCH3 is 2. The number of aliphatic hydroxyl groups excluding tert-OH is 3. The zero-order valence-electron chi connectivity index (χ0n) is 65.8. The van der Waals surface area contributed by atoms with Crippen LogP contribution in [0.5, 0.6) is 0 Å². The number of anilines is 1. The Morgan fingerprint density at radius 2 is 0.927 bits per heavy atom. The minimum atomic E-state index is -4.40. The van der Waals surface area contributed by atoms with Gasteiger partial charge in [0.2, 0.25) is 0 Å². The summed E-state index contributed by atoms with van der Waals surface area (Å²) in [6.07, 6.45) is 6.15. The molecule has 0 bridgehead atoms. The van der Waals surface area contributed by atoms with E-state index < -0.39 is 47.0 Å². The van der Waals surface area contributed by atoms with Crippen LogP contribution in [0.3, 0.4) is 0 Å². The molecule has 0 unspecified atom stereocenters. The number of hydrazine groups is 1. The zero-order valence-corrected chi connectivity index (χ0v) is 78.3. The van der Waals surface area contributed by atoms with Gasteiger partial charge >= 0.3 is 57.8 Å². The second-order valence-corrected chi connectivity index (χ2v) is 30.5. The number of aromatic nitrogens is 10. The summed E-state index contributed by atoms with van der Waals surface area (Å²) in [5, 5.41) is 43.0. The second kappa shape index (κ2) is 61.6. The molecule has 0 spiro atoms. The maximum absolute atomic E-state index is 13.0. The van der Waals surface area contributed by atoms with E-state index in [4.69, 9.17) is 47.9 Å². The van der Waals surface area contributed by atoms with Gasteiger partial charge in [0.25, 0.3) is 0 Å². The molecule has 2 aliphatic rings. The molecule has 0 saturated heterocycles. The van der Waals surface area contributed by atoms with E-state index in [9.17, 15) is 57.5 Å². The number of nitrogens with one attached hydrogen (secondary N) is 1. The van der Waals surface area contributed by atoms with Crippen LogP contribution in [0.2, 0.25) is 5.15 Å². The molecule has 0 atom stereocenters. The molecule has 2 fully saturated rings. The van der Waals surface area contributed by atoms with Gasteiger partial charge in [-0.3, -0.25) is 45.2 Å². The van der Waals surface area contributed by atoms with Gasteiger partial charge in [0.05, 0.1) is 71.3 Å². The first-order chi connectivity index (χ1) is 58.6. The number of nitrogens with zero attached hydrogens (tertiary/aromatic N) is 11. The second-order valence-electron chi connectivity index (χ2n) is 25.1. The van der Waals surface area contributed by atoms with Crippen LogP contribution >= 0.6 is 122 Å². The first kappa shape index (κ1) is 113. The van der Waals surface area contributed by atoms with Crippen LogP contribution in [-0.4, -0.2) is 135 Å². The molecule has 4 aromatic carbocycles. The maximum Gasteiger partial charge on any atom is 0.0267 e. The molecular formula is C83H93ClCuF12I5N16O6. The van der Waals surface area contributed by atoms with E-state index in [0.717, 1.165) is 131 Å². The molecule has 14 rings (SSSR count). The van der Waals surface area contributed by atoms with Gasteiger partial charge in [0.1, 0.15) is 11.4 Å². The minimum Gasteiger partial charge on any atom is -0.265 e. The van der Waals surface area contributed by atoms with Gasteiger partial charge in [0, 0.05) is 120 Å². The summed E-state index contributed by atoms with van der Waals surface area (Å²) < 4.78 is 169. The summed E-state index contributed by atoms with van der Waals surface area (Å²) in [5.74, 6) is 8.78. The molecule has 41 heteroatoms. The number of hydrogen-bond donors (Lipinski definition) is 8. The van der Waals surface area contributed by atoms with Crippen molar-refractivity contribution >= 4 is 152 Å². The predicted octanol–water partition coefficient (Wildman–Crippen LogP) is 20.4. The van der Waals surface area contributed by atoms with E-state index in [1.807, 2.05) is 79.1 Å². The molecule has 678 valence electrons. The molecule has 8 aromatic heterocycles. The summed E-state index contributed by atoms with van der Waals surface area (Å²) in [4.78, 5) is 30.1. The molecule has 12 N–H and O–H groups in total. The molecule has 8 heterocycles. The van der Waals surface area contributed by atoms with Crippen LogP contribution in [0.1, 0.15) is 115 Å². The van der Waals surface area contributed by atoms with Crippen molar-refractivity contribution in [3.63, 3.8) is 0 Å². The smallest absolute Gasteiger partial charge is 0.0267 e. The predicted molar refractivity (Wildman–Crippen MR) is 497 cm³/mol. The number of aliphatic imine (C=N–C) groups is 1. The van der Waals surface area contributed by atoms with Gasteiger partial charge in [-0.25, -0.2) is 4.98 Å². The Morgan fingerprint density at radius 1 is 0.524 bits per heavy atom. The fraction of sp³-hybridized carbons (Fsp3) is 0.301. The molecule has 2 saturated carbocycles. The Hall–Kier alpha value is -6.88. The van der Waals surface area contributed by atoms with Crippen LogP contribution in [0, 0.1) is 14.3 Å². The van der Waals surface area contributed by atoms with Crippen molar-refractivity contribution < 1.29 is 95.0 Å².